The zero-order chi connectivity index (χ0) is 19.8. The molecule has 0 aliphatic heterocycles. The first kappa shape index (κ1) is 17.1. The Morgan fingerprint density at radius 2 is 1.83 bits per heavy atom. The maximum absolute atomic E-state index is 12.7. The minimum absolute atomic E-state index is 0.140. The fourth-order valence-electron chi connectivity index (χ4n) is 3.34. The number of amides is 1. The number of hydrogen-bond acceptors (Lipinski definition) is 5. The Balaban J connectivity index is 1.48. The van der Waals surface area contributed by atoms with Crippen LogP contribution < -0.4 is 5.32 Å². The maximum Gasteiger partial charge on any atom is 0.289 e. The van der Waals surface area contributed by atoms with Gasteiger partial charge in [0, 0.05) is 11.6 Å². The zero-order valence-corrected chi connectivity index (χ0v) is 15.5. The molecule has 8 heteroatoms. The van der Waals surface area contributed by atoms with E-state index in [2.05, 4.69) is 35.5 Å². The summed E-state index contributed by atoms with van der Waals surface area (Å²) in [7, 11) is 0. The van der Waals surface area contributed by atoms with Crippen LogP contribution in [0.25, 0.3) is 33.3 Å². The molecular formula is C21H17N7O. The van der Waals surface area contributed by atoms with Crippen molar-refractivity contribution in [2.75, 3.05) is 0 Å². The molecule has 5 aromatic rings. The van der Waals surface area contributed by atoms with Crippen molar-refractivity contribution in [2.45, 2.75) is 13.0 Å². The van der Waals surface area contributed by atoms with Gasteiger partial charge in [-0.25, -0.2) is 19.9 Å². The summed E-state index contributed by atoms with van der Waals surface area (Å²) in [6.45, 7) is 1.93. The van der Waals surface area contributed by atoms with Gasteiger partial charge in [0.2, 0.25) is 5.82 Å². The van der Waals surface area contributed by atoms with Gasteiger partial charge in [-0.05, 0) is 30.7 Å². The first-order valence-electron chi connectivity index (χ1n) is 9.19. The van der Waals surface area contributed by atoms with E-state index in [-0.39, 0.29) is 17.8 Å². The standard InChI is InChI=1S/C21H17N7O/c1-12(13-5-3-2-4-6-13)24-21(29)20-25-17-9-14-16(10-18(17)26-20)27-28-19(14)15-7-8-22-11-23-15/h2-12,27-28H,1H3,(H,24,29). The van der Waals surface area contributed by atoms with Gasteiger partial charge in [-0.2, -0.15) is 0 Å². The van der Waals surface area contributed by atoms with Crippen LogP contribution in [0, 0.1) is 0 Å². The summed E-state index contributed by atoms with van der Waals surface area (Å²) in [5.41, 5.74) is 4.78. The zero-order valence-electron chi connectivity index (χ0n) is 15.5. The van der Waals surface area contributed by atoms with E-state index in [4.69, 9.17) is 0 Å². The van der Waals surface area contributed by atoms with Gasteiger partial charge in [0.15, 0.2) is 0 Å². The van der Waals surface area contributed by atoms with E-state index in [1.54, 1.807) is 6.20 Å². The highest BCUT2D eigenvalue weighted by Gasteiger charge is 2.18. The molecule has 1 amide bonds. The Morgan fingerprint density at radius 1 is 1.03 bits per heavy atom. The second-order valence-electron chi connectivity index (χ2n) is 6.76. The number of rotatable bonds is 4. The highest BCUT2D eigenvalue weighted by molar-refractivity contribution is 6.02. The molecule has 0 fully saturated rings. The van der Waals surface area contributed by atoms with E-state index in [9.17, 15) is 4.79 Å². The van der Waals surface area contributed by atoms with Crippen LogP contribution in [0.15, 0.2) is 61.1 Å². The molecule has 1 unspecified atom stereocenters. The van der Waals surface area contributed by atoms with Crippen LogP contribution in [0.3, 0.4) is 0 Å². The Bertz CT molecular complexity index is 1310. The average molecular weight is 383 g/mol. The van der Waals surface area contributed by atoms with Gasteiger partial charge >= 0.3 is 0 Å². The summed E-state index contributed by atoms with van der Waals surface area (Å²) in [5.74, 6) is -0.146. The minimum Gasteiger partial charge on any atom is -0.343 e. The minimum atomic E-state index is -0.302. The number of imidazole rings is 1. The second kappa shape index (κ2) is 6.83. The summed E-state index contributed by atoms with van der Waals surface area (Å²) in [6.07, 6.45) is 3.19. The summed E-state index contributed by atoms with van der Waals surface area (Å²) in [4.78, 5) is 29.7. The molecule has 2 aromatic carbocycles. The number of nitrogens with zero attached hydrogens (tertiary/aromatic N) is 4. The molecule has 0 saturated carbocycles. The molecule has 0 aliphatic rings. The predicted molar refractivity (Wildman–Crippen MR) is 109 cm³/mol. The van der Waals surface area contributed by atoms with Crippen LogP contribution in [0.1, 0.15) is 29.1 Å². The largest absolute Gasteiger partial charge is 0.343 e. The third-order valence-electron chi connectivity index (χ3n) is 4.85. The number of benzene rings is 2. The Hall–Kier alpha value is -4.07. The highest BCUT2D eigenvalue weighted by atomic mass is 16.2. The molecule has 3 aromatic heterocycles. The monoisotopic (exact) mass is 383 g/mol. The molecule has 0 spiro atoms. The van der Waals surface area contributed by atoms with Crippen LogP contribution in [0.2, 0.25) is 0 Å². The molecule has 5 rings (SSSR count). The molecule has 3 heterocycles. The Morgan fingerprint density at radius 3 is 2.59 bits per heavy atom. The summed E-state index contributed by atoms with van der Waals surface area (Å²) in [6, 6.07) is 15.2. The number of fused-ring (bicyclic) bond motifs is 2. The number of nitrogens with one attached hydrogen (secondary N) is 3. The van der Waals surface area contributed by atoms with Crippen molar-refractivity contribution in [3.8, 4) is 11.4 Å². The molecular weight excluding hydrogens is 366 g/mol. The van der Waals surface area contributed by atoms with Crippen molar-refractivity contribution in [1.82, 2.24) is 35.5 Å². The SMILES string of the molecule is CC(NC(=O)c1nc2cc3[nH][nH]c(-c4ccncn4)c3cc2n1)c1ccccc1. The van der Waals surface area contributed by atoms with Crippen molar-refractivity contribution in [1.29, 1.82) is 0 Å². The molecule has 0 radical (unpaired) electrons. The second-order valence-corrected chi connectivity index (χ2v) is 6.76. The van der Waals surface area contributed by atoms with Crippen LogP contribution in [-0.4, -0.2) is 36.0 Å². The Labute approximate surface area is 165 Å². The van der Waals surface area contributed by atoms with Gasteiger partial charge in [0.05, 0.1) is 34.0 Å². The summed E-state index contributed by atoms with van der Waals surface area (Å²) >= 11 is 0. The lowest BCUT2D eigenvalue weighted by molar-refractivity contribution is 0.0930. The van der Waals surface area contributed by atoms with Crippen LogP contribution in [-0.2, 0) is 0 Å². The maximum atomic E-state index is 12.7. The van der Waals surface area contributed by atoms with E-state index >= 15 is 0 Å². The number of H-pyrrole nitrogens is 2. The average Bonchev–Trinajstić information content (AvgIpc) is 3.36. The van der Waals surface area contributed by atoms with Gasteiger partial charge in [-0.1, -0.05) is 30.3 Å². The smallest absolute Gasteiger partial charge is 0.289 e. The van der Waals surface area contributed by atoms with E-state index in [0.29, 0.717) is 11.0 Å². The van der Waals surface area contributed by atoms with Crippen LogP contribution in [0.4, 0.5) is 0 Å². The van der Waals surface area contributed by atoms with Gasteiger partial charge < -0.3 is 10.4 Å². The number of aromatic nitrogens is 6. The normalized spacial score (nSPS) is 12.3. The van der Waals surface area contributed by atoms with E-state index in [1.807, 2.05) is 55.5 Å². The quantitative estimate of drug-likeness (QED) is 0.440. The van der Waals surface area contributed by atoms with Gasteiger partial charge in [-0.3, -0.25) is 9.89 Å². The van der Waals surface area contributed by atoms with Gasteiger partial charge in [0.1, 0.15) is 6.33 Å². The molecule has 3 N–H and O–H groups in total. The van der Waals surface area contributed by atoms with E-state index < -0.39 is 0 Å². The third-order valence-corrected chi connectivity index (χ3v) is 4.85. The predicted octanol–water partition coefficient (Wildman–Crippen LogP) is 3.39. The van der Waals surface area contributed by atoms with E-state index in [1.165, 1.54) is 6.33 Å². The number of hydrogen-bond donors (Lipinski definition) is 3. The lowest BCUT2D eigenvalue weighted by Crippen LogP contribution is -2.27. The van der Waals surface area contributed by atoms with Crippen molar-refractivity contribution in [3.63, 3.8) is 0 Å². The molecule has 1 atom stereocenters. The lowest BCUT2D eigenvalue weighted by Gasteiger charge is -2.12. The summed E-state index contributed by atoms with van der Waals surface area (Å²) < 4.78 is 0. The van der Waals surface area contributed by atoms with Crippen LogP contribution >= 0.6 is 0 Å². The summed E-state index contributed by atoms with van der Waals surface area (Å²) in [5, 5.41) is 10.1. The van der Waals surface area contributed by atoms with Gasteiger partial charge in [-0.15, -0.1) is 0 Å². The lowest BCUT2D eigenvalue weighted by atomic mass is 10.1. The highest BCUT2D eigenvalue weighted by Crippen LogP contribution is 2.28. The topological polar surface area (TPSA) is 112 Å². The first-order valence-corrected chi connectivity index (χ1v) is 9.19. The fraction of sp³-hybridized carbons (Fsp3) is 0.0952. The molecule has 0 saturated heterocycles. The van der Waals surface area contributed by atoms with E-state index in [0.717, 1.165) is 27.9 Å². The molecule has 29 heavy (non-hydrogen) atoms. The van der Waals surface area contributed by atoms with Crippen molar-refractivity contribution in [2.24, 2.45) is 0 Å². The van der Waals surface area contributed by atoms with Crippen LogP contribution in [0.5, 0.6) is 0 Å². The molecule has 142 valence electrons. The first-order chi connectivity index (χ1) is 14.2. The van der Waals surface area contributed by atoms with Gasteiger partial charge in [0.25, 0.3) is 5.91 Å². The molecule has 0 bridgehead atoms. The fourth-order valence-corrected chi connectivity index (χ4v) is 3.34. The Kier molecular flexibility index (Phi) is 4.02. The van der Waals surface area contributed by atoms with Crippen molar-refractivity contribution in [3.05, 3.63) is 72.4 Å². The number of carbonyl (C=O) groups is 1. The van der Waals surface area contributed by atoms with Crippen molar-refractivity contribution < 1.29 is 4.79 Å². The van der Waals surface area contributed by atoms with Crippen molar-refractivity contribution >= 4 is 27.8 Å². The number of carbonyl (C=O) groups excluding carboxylic acids is 1. The molecule has 8 nitrogen and oxygen atoms in total. The number of aromatic amines is 2. The third kappa shape index (κ3) is 3.10. The molecule has 0 aliphatic carbocycles.